The van der Waals surface area contributed by atoms with Gasteiger partial charge in [0.15, 0.2) is 6.61 Å². The van der Waals surface area contributed by atoms with Crippen molar-refractivity contribution in [3.05, 3.63) is 12.0 Å². The minimum absolute atomic E-state index is 0.0975. The average Bonchev–Trinajstić information content (AvgIpc) is 3.12. The Hall–Kier alpha value is -1.94. The molecule has 0 amide bonds. The van der Waals surface area contributed by atoms with E-state index in [2.05, 4.69) is 17.7 Å². The van der Waals surface area contributed by atoms with E-state index in [-0.39, 0.29) is 12.8 Å². The lowest BCUT2D eigenvalue weighted by atomic mass is 9.49. The third-order valence-electron chi connectivity index (χ3n) is 8.94. The van der Waals surface area contributed by atoms with E-state index in [1.54, 1.807) is 0 Å². The lowest BCUT2D eigenvalue weighted by molar-refractivity contribution is -0.217. The molecule has 0 aromatic heterocycles. The molecule has 10 heteroatoms. The highest BCUT2D eigenvalue weighted by atomic mass is 32.2. The van der Waals surface area contributed by atoms with Crippen molar-refractivity contribution in [1.29, 1.82) is 0 Å². The number of hydrogen-bond acceptors (Lipinski definition) is 9. The van der Waals surface area contributed by atoms with Crippen molar-refractivity contribution in [1.82, 2.24) is 0 Å². The second-order valence-electron chi connectivity index (χ2n) is 10.6. The summed E-state index contributed by atoms with van der Waals surface area (Å²) in [5, 5.41) is 0.587. The largest absolute Gasteiger partial charge is 0.458 e. The number of carbonyl (C=O) groups is 3. The van der Waals surface area contributed by atoms with E-state index < -0.39 is 64.3 Å². The Balaban J connectivity index is 1.28. The van der Waals surface area contributed by atoms with Gasteiger partial charge in [-0.25, -0.2) is 4.79 Å². The van der Waals surface area contributed by atoms with Crippen LogP contribution in [0, 0.1) is 35.5 Å². The predicted molar refractivity (Wildman–Crippen MR) is 117 cm³/mol. The van der Waals surface area contributed by atoms with Crippen LogP contribution >= 0.6 is 0 Å². The van der Waals surface area contributed by atoms with Gasteiger partial charge in [-0.15, -0.1) is 0 Å². The molecule has 5 saturated carbocycles. The zero-order valence-corrected chi connectivity index (χ0v) is 20.2. The highest BCUT2D eigenvalue weighted by Crippen LogP contribution is 2.61. The van der Waals surface area contributed by atoms with Crippen LogP contribution in [0.2, 0.25) is 0 Å². The highest BCUT2D eigenvalue weighted by molar-refractivity contribution is 7.89. The molecule has 5 aliphatic carbocycles. The maximum Gasteiger partial charge on any atom is 0.334 e. The molecular formula is C24H32O9S. The average molecular weight is 497 g/mol. The third kappa shape index (κ3) is 4.06. The second kappa shape index (κ2) is 8.62. The van der Waals surface area contributed by atoms with E-state index in [1.807, 2.05) is 0 Å². The van der Waals surface area contributed by atoms with Gasteiger partial charge in [0.05, 0.1) is 17.2 Å². The molecule has 0 spiro atoms. The Bertz CT molecular complexity index is 958. The zero-order chi connectivity index (χ0) is 24.3. The Morgan fingerprint density at radius 3 is 2.32 bits per heavy atom. The maximum atomic E-state index is 13.5. The first-order valence-electron chi connectivity index (χ1n) is 12.3. The minimum atomic E-state index is -4.03. The Morgan fingerprint density at radius 2 is 1.74 bits per heavy atom. The van der Waals surface area contributed by atoms with Crippen LogP contribution in [0.1, 0.15) is 58.3 Å². The summed E-state index contributed by atoms with van der Waals surface area (Å²) in [6, 6.07) is 0. The van der Waals surface area contributed by atoms with Crippen LogP contribution in [0.15, 0.2) is 12.0 Å². The molecule has 1 saturated heterocycles. The number of carbonyl (C=O) groups excluding carboxylic acids is 3. The summed E-state index contributed by atoms with van der Waals surface area (Å²) in [5.41, 5.74) is -0.483. The van der Waals surface area contributed by atoms with Gasteiger partial charge in [-0.05, 0) is 62.2 Å². The SMILES string of the molecule is C=CS(=O)(=O)OCC(=O)OC1CC(C(=O)OC2(CC)C3CC4CC(C3)CC2C4)C2CC1OC2=O. The second-order valence-corrected chi connectivity index (χ2v) is 12.2. The van der Waals surface area contributed by atoms with Crippen molar-refractivity contribution in [2.24, 2.45) is 35.5 Å². The lowest BCUT2D eigenvalue weighted by Gasteiger charge is -2.60. The molecule has 1 heterocycles. The van der Waals surface area contributed by atoms with Crippen molar-refractivity contribution >= 4 is 28.0 Å². The van der Waals surface area contributed by atoms with E-state index in [4.69, 9.17) is 14.2 Å². The van der Waals surface area contributed by atoms with Crippen LogP contribution < -0.4 is 0 Å². The quantitative estimate of drug-likeness (QED) is 0.283. The van der Waals surface area contributed by atoms with Crippen molar-refractivity contribution in [2.75, 3.05) is 6.61 Å². The standard InChI is InChI=1S/C24H32O9S/c1-3-24(15-6-13-5-14(8-15)9-16(24)7-13)33-23(27)18-11-19(20-10-17(18)22(26)32-20)31-21(25)12-30-34(28,29)4-2/h4,13-20H,2-3,5-12H2,1H3. The molecule has 188 valence electrons. The van der Waals surface area contributed by atoms with Crippen molar-refractivity contribution in [3.63, 3.8) is 0 Å². The molecule has 0 radical (unpaired) electrons. The van der Waals surface area contributed by atoms with Gasteiger partial charge in [-0.2, -0.15) is 8.42 Å². The molecule has 0 aromatic carbocycles. The fourth-order valence-electron chi connectivity index (χ4n) is 7.58. The highest BCUT2D eigenvalue weighted by Gasteiger charge is 2.60. The summed E-state index contributed by atoms with van der Waals surface area (Å²) >= 11 is 0. The van der Waals surface area contributed by atoms with Crippen LogP contribution in [0.5, 0.6) is 0 Å². The summed E-state index contributed by atoms with van der Waals surface area (Å²) in [6.07, 6.45) is 5.27. The molecule has 6 aliphatic rings. The molecule has 6 rings (SSSR count). The van der Waals surface area contributed by atoms with E-state index in [9.17, 15) is 22.8 Å². The van der Waals surface area contributed by atoms with E-state index in [0.29, 0.717) is 17.2 Å². The van der Waals surface area contributed by atoms with E-state index >= 15 is 0 Å². The Kier molecular flexibility index (Phi) is 6.03. The van der Waals surface area contributed by atoms with E-state index in [1.165, 1.54) is 6.42 Å². The van der Waals surface area contributed by atoms with Gasteiger partial charge >= 0.3 is 17.9 Å². The van der Waals surface area contributed by atoms with Gasteiger partial charge in [0.2, 0.25) is 0 Å². The molecule has 9 nitrogen and oxygen atoms in total. The topological polar surface area (TPSA) is 122 Å². The Morgan fingerprint density at radius 1 is 1.09 bits per heavy atom. The normalized spacial score (nSPS) is 42.2. The van der Waals surface area contributed by atoms with Gasteiger partial charge < -0.3 is 14.2 Å². The van der Waals surface area contributed by atoms with Gasteiger partial charge in [0.25, 0.3) is 10.1 Å². The number of fused-ring (bicyclic) bond motifs is 2. The predicted octanol–water partition coefficient (Wildman–Crippen LogP) is 2.49. The van der Waals surface area contributed by atoms with Crippen LogP contribution in [0.25, 0.3) is 0 Å². The van der Waals surface area contributed by atoms with Crippen LogP contribution in [0.4, 0.5) is 0 Å². The molecule has 6 fully saturated rings. The Labute approximate surface area is 199 Å². The van der Waals surface area contributed by atoms with E-state index in [0.717, 1.165) is 43.9 Å². The fraction of sp³-hybridized carbons (Fsp3) is 0.792. The van der Waals surface area contributed by atoms with Gasteiger partial charge in [0.1, 0.15) is 17.8 Å². The van der Waals surface area contributed by atoms with Crippen LogP contribution in [-0.4, -0.2) is 50.7 Å². The molecule has 4 atom stereocenters. The molecular weight excluding hydrogens is 464 g/mol. The van der Waals surface area contributed by atoms with Crippen molar-refractivity contribution < 1.29 is 41.2 Å². The summed E-state index contributed by atoms with van der Waals surface area (Å²) in [7, 11) is -4.03. The van der Waals surface area contributed by atoms with Crippen LogP contribution in [0.3, 0.4) is 0 Å². The number of rotatable bonds is 8. The minimum Gasteiger partial charge on any atom is -0.458 e. The first kappa shape index (κ1) is 23.8. The van der Waals surface area contributed by atoms with Crippen molar-refractivity contribution in [2.45, 2.75) is 76.1 Å². The number of hydrogen-bond donors (Lipinski definition) is 0. The fourth-order valence-corrected chi connectivity index (χ4v) is 7.94. The lowest BCUT2D eigenvalue weighted by Crippen LogP contribution is -2.60. The first-order chi connectivity index (χ1) is 16.1. The molecule has 4 unspecified atom stereocenters. The van der Waals surface area contributed by atoms with Gasteiger partial charge in [-0.3, -0.25) is 13.8 Å². The molecule has 6 bridgehead atoms. The molecule has 0 aromatic rings. The number of ether oxygens (including phenoxy) is 3. The smallest absolute Gasteiger partial charge is 0.334 e. The van der Waals surface area contributed by atoms with Gasteiger partial charge in [-0.1, -0.05) is 13.5 Å². The summed E-state index contributed by atoms with van der Waals surface area (Å²) in [6.45, 7) is 4.37. The monoisotopic (exact) mass is 496 g/mol. The van der Waals surface area contributed by atoms with Gasteiger partial charge in [0, 0.05) is 12.8 Å². The maximum absolute atomic E-state index is 13.5. The third-order valence-corrected chi connectivity index (χ3v) is 9.79. The molecule has 1 aliphatic heterocycles. The first-order valence-corrected chi connectivity index (χ1v) is 13.8. The van der Waals surface area contributed by atoms with Crippen LogP contribution in [-0.2, 0) is 42.9 Å². The van der Waals surface area contributed by atoms with Crippen molar-refractivity contribution in [3.8, 4) is 0 Å². The summed E-state index contributed by atoms with van der Waals surface area (Å²) in [5.74, 6) is -0.999. The number of esters is 3. The molecule has 34 heavy (non-hydrogen) atoms. The summed E-state index contributed by atoms with van der Waals surface area (Å²) < 4.78 is 44.4. The zero-order valence-electron chi connectivity index (χ0n) is 19.3. The molecule has 0 N–H and O–H groups in total. The summed E-state index contributed by atoms with van der Waals surface area (Å²) in [4.78, 5) is 38.2.